The van der Waals surface area contributed by atoms with Crippen LogP contribution in [0.2, 0.25) is 0 Å². The molecule has 0 fully saturated rings. The lowest BCUT2D eigenvalue weighted by Crippen LogP contribution is -2.09. The zero-order valence-corrected chi connectivity index (χ0v) is 13.0. The van der Waals surface area contributed by atoms with Gasteiger partial charge in [0.25, 0.3) is 0 Å². The van der Waals surface area contributed by atoms with Gasteiger partial charge in [-0.3, -0.25) is 4.98 Å². The molecule has 0 aliphatic heterocycles. The normalized spacial score (nSPS) is 12.7. The summed E-state index contributed by atoms with van der Waals surface area (Å²) in [6.07, 6.45) is 6.62. The van der Waals surface area contributed by atoms with E-state index >= 15 is 0 Å². The Bertz CT molecular complexity index is 568. The first-order chi connectivity index (χ1) is 10.3. The van der Waals surface area contributed by atoms with Crippen LogP contribution in [-0.4, -0.2) is 16.7 Å². The Balaban J connectivity index is 1.99. The maximum absolute atomic E-state index is 9.84. The van der Waals surface area contributed by atoms with Gasteiger partial charge in [-0.2, -0.15) is 0 Å². The highest BCUT2D eigenvalue weighted by Gasteiger charge is 2.09. The molecule has 1 aromatic carbocycles. The van der Waals surface area contributed by atoms with Crippen molar-refractivity contribution in [2.45, 2.75) is 46.1 Å². The molecule has 0 bridgehead atoms. The number of aromatic hydroxyl groups is 1. The van der Waals surface area contributed by atoms with Gasteiger partial charge in [0.05, 0.1) is 6.61 Å². The second kappa shape index (κ2) is 7.99. The van der Waals surface area contributed by atoms with Gasteiger partial charge in [-0.15, -0.1) is 0 Å². The van der Waals surface area contributed by atoms with Crippen LogP contribution in [0.1, 0.15) is 45.1 Å². The average molecular weight is 287 g/mol. The molecule has 1 N–H and O–H groups in total. The quantitative estimate of drug-likeness (QED) is 0.767. The second-order valence-electron chi connectivity index (χ2n) is 5.58. The molecular formula is C18H25NO2. The molecule has 0 aliphatic carbocycles. The SMILES string of the molecule is CCCCC(CC)COCc1ccc(O)c2ncccc12. The van der Waals surface area contributed by atoms with Crippen molar-refractivity contribution in [1.82, 2.24) is 4.98 Å². The van der Waals surface area contributed by atoms with Crippen molar-refractivity contribution in [3.63, 3.8) is 0 Å². The summed E-state index contributed by atoms with van der Waals surface area (Å²) in [5, 5.41) is 10.8. The summed E-state index contributed by atoms with van der Waals surface area (Å²) < 4.78 is 5.91. The van der Waals surface area contributed by atoms with Gasteiger partial charge in [0.15, 0.2) is 0 Å². The van der Waals surface area contributed by atoms with Crippen LogP contribution < -0.4 is 0 Å². The summed E-state index contributed by atoms with van der Waals surface area (Å²) in [5.41, 5.74) is 1.73. The van der Waals surface area contributed by atoms with Crippen LogP contribution in [0.3, 0.4) is 0 Å². The van der Waals surface area contributed by atoms with Crippen molar-refractivity contribution >= 4 is 10.9 Å². The minimum atomic E-state index is 0.226. The highest BCUT2D eigenvalue weighted by molar-refractivity contribution is 5.86. The molecule has 2 aromatic rings. The topological polar surface area (TPSA) is 42.4 Å². The summed E-state index contributed by atoms with van der Waals surface area (Å²) in [6, 6.07) is 7.49. The highest BCUT2D eigenvalue weighted by atomic mass is 16.5. The van der Waals surface area contributed by atoms with Crippen LogP contribution >= 0.6 is 0 Å². The third-order valence-corrected chi connectivity index (χ3v) is 3.99. The number of fused-ring (bicyclic) bond motifs is 1. The Morgan fingerprint density at radius 2 is 2.10 bits per heavy atom. The van der Waals surface area contributed by atoms with Gasteiger partial charge < -0.3 is 9.84 Å². The number of rotatable bonds is 8. The third kappa shape index (κ3) is 4.18. The van der Waals surface area contributed by atoms with Gasteiger partial charge in [-0.1, -0.05) is 45.2 Å². The molecule has 0 aliphatic rings. The molecular weight excluding hydrogens is 262 g/mol. The molecule has 0 saturated carbocycles. The van der Waals surface area contributed by atoms with Gasteiger partial charge >= 0.3 is 0 Å². The molecule has 0 saturated heterocycles. The van der Waals surface area contributed by atoms with E-state index in [9.17, 15) is 5.11 Å². The van der Waals surface area contributed by atoms with Crippen LogP contribution in [0.15, 0.2) is 30.5 Å². The first-order valence-electron chi connectivity index (χ1n) is 7.89. The lowest BCUT2D eigenvalue weighted by molar-refractivity contribution is 0.0826. The Kier molecular flexibility index (Phi) is 6.00. The standard InChI is InChI=1S/C18H25NO2/c1-3-5-7-14(4-2)12-21-13-15-9-10-17(20)18-16(15)8-6-11-19-18/h6,8-11,14,20H,3-5,7,12-13H2,1-2H3. The van der Waals surface area contributed by atoms with E-state index in [-0.39, 0.29) is 5.75 Å². The third-order valence-electron chi connectivity index (χ3n) is 3.99. The van der Waals surface area contributed by atoms with Gasteiger partial charge in [-0.25, -0.2) is 0 Å². The fourth-order valence-corrected chi connectivity index (χ4v) is 2.58. The summed E-state index contributed by atoms with van der Waals surface area (Å²) in [4.78, 5) is 4.24. The van der Waals surface area contributed by atoms with Gasteiger partial charge in [0.1, 0.15) is 11.3 Å². The first-order valence-corrected chi connectivity index (χ1v) is 7.89. The van der Waals surface area contributed by atoms with Crippen molar-refractivity contribution in [1.29, 1.82) is 0 Å². The van der Waals surface area contributed by atoms with Crippen molar-refractivity contribution in [3.05, 3.63) is 36.0 Å². The fourth-order valence-electron chi connectivity index (χ4n) is 2.58. The van der Waals surface area contributed by atoms with E-state index in [1.54, 1.807) is 12.3 Å². The first kappa shape index (κ1) is 15.8. The van der Waals surface area contributed by atoms with E-state index < -0.39 is 0 Å². The molecule has 2 rings (SSSR count). The summed E-state index contributed by atoms with van der Waals surface area (Å²) in [7, 11) is 0. The number of hydrogen-bond donors (Lipinski definition) is 1. The molecule has 21 heavy (non-hydrogen) atoms. The number of unbranched alkanes of at least 4 members (excludes halogenated alkanes) is 1. The van der Waals surface area contributed by atoms with E-state index in [0.717, 1.165) is 24.0 Å². The van der Waals surface area contributed by atoms with E-state index in [4.69, 9.17) is 4.74 Å². The summed E-state index contributed by atoms with van der Waals surface area (Å²) in [5.74, 6) is 0.871. The minimum absolute atomic E-state index is 0.226. The van der Waals surface area contributed by atoms with Crippen LogP contribution in [0.4, 0.5) is 0 Å². The second-order valence-corrected chi connectivity index (χ2v) is 5.58. The monoisotopic (exact) mass is 287 g/mol. The average Bonchev–Trinajstić information content (AvgIpc) is 2.53. The number of ether oxygens (including phenoxy) is 1. The molecule has 0 radical (unpaired) electrons. The molecule has 0 amide bonds. The zero-order valence-electron chi connectivity index (χ0n) is 13.0. The number of phenolic OH excluding ortho intramolecular Hbond substituents is 1. The fraction of sp³-hybridized carbons (Fsp3) is 0.500. The number of hydrogen-bond acceptors (Lipinski definition) is 3. The Labute approximate surface area is 127 Å². The number of pyridine rings is 1. The number of nitrogens with zero attached hydrogens (tertiary/aromatic N) is 1. The molecule has 1 atom stereocenters. The van der Waals surface area contributed by atoms with Crippen LogP contribution in [0.25, 0.3) is 10.9 Å². The lowest BCUT2D eigenvalue weighted by atomic mass is 10.0. The Morgan fingerprint density at radius 1 is 1.24 bits per heavy atom. The molecule has 1 aromatic heterocycles. The molecule has 114 valence electrons. The van der Waals surface area contributed by atoms with Crippen molar-refractivity contribution < 1.29 is 9.84 Å². The number of aromatic nitrogens is 1. The number of benzene rings is 1. The zero-order chi connectivity index (χ0) is 15.1. The van der Waals surface area contributed by atoms with Crippen LogP contribution in [0, 0.1) is 5.92 Å². The molecule has 1 unspecified atom stereocenters. The van der Waals surface area contributed by atoms with Gasteiger partial charge in [-0.05, 0) is 30.0 Å². The largest absolute Gasteiger partial charge is 0.506 e. The minimum Gasteiger partial charge on any atom is -0.506 e. The van der Waals surface area contributed by atoms with Crippen LogP contribution in [0.5, 0.6) is 5.75 Å². The number of phenols is 1. The lowest BCUT2D eigenvalue weighted by Gasteiger charge is -2.15. The van der Waals surface area contributed by atoms with Crippen molar-refractivity contribution in [3.8, 4) is 5.75 Å². The molecule has 1 heterocycles. The maximum Gasteiger partial charge on any atom is 0.141 e. The van der Waals surface area contributed by atoms with E-state index in [0.29, 0.717) is 18.0 Å². The summed E-state index contributed by atoms with van der Waals surface area (Å²) >= 11 is 0. The van der Waals surface area contributed by atoms with Crippen molar-refractivity contribution in [2.24, 2.45) is 5.92 Å². The van der Waals surface area contributed by atoms with E-state index in [2.05, 4.69) is 18.8 Å². The Morgan fingerprint density at radius 3 is 2.86 bits per heavy atom. The van der Waals surface area contributed by atoms with Gasteiger partial charge in [0, 0.05) is 18.2 Å². The summed E-state index contributed by atoms with van der Waals surface area (Å²) in [6.45, 7) is 5.83. The maximum atomic E-state index is 9.84. The predicted molar refractivity (Wildman–Crippen MR) is 86.4 cm³/mol. The van der Waals surface area contributed by atoms with E-state index in [1.807, 2.05) is 18.2 Å². The van der Waals surface area contributed by atoms with Gasteiger partial charge in [0.2, 0.25) is 0 Å². The predicted octanol–water partition coefficient (Wildman–Crippen LogP) is 4.67. The molecule has 3 nitrogen and oxygen atoms in total. The molecule has 0 spiro atoms. The Hall–Kier alpha value is -1.61. The van der Waals surface area contributed by atoms with Crippen LogP contribution in [-0.2, 0) is 11.3 Å². The highest BCUT2D eigenvalue weighted by Crippen LogP contribution is 2.26. The smallest absolute Gasteiger partial charge is 0.141 e. The molecule has 3 heteroatoms. The van der Waals surface area contributed by atoms with E-state index in [1.165, 1.54) is 19.3 Å². The van der Waals surface area contributed by atoms with Crippen molar-refractivity contribution in [2.75, 3.05) is 6.61 Å².